The fourth-order valence-electron chi connectivity index (χ4n) is 0.814. The molecule has 1 aromatic carbocycles. The summed E-state index contributed by atoms with van der Waals surface area (Å²) in [5.74, 6) is 0. The Kier molecular flexibility index (Phi) is 6.59. The van der Waals surface area contributed by atoms with Crippen molar-refractivity contribution in [2.45, 2.75) is 4.90 Å². The standard InChI is InChI=1S/C8H11NS2.Na/c1-9(2)7-4-3-5-8(6-7)11-10;/h3-6,10H,1-2H3;/q;+1/p-1. The third kappa shape index (κ3) is 3.62. The topological polar surface area (TPSA) is 3.24 Å². The molecule has 0 atom stereocenters. The van der Waals surface area contributed by atoms with Crippen molar-refractivity contribution in [1.82, 2.24) is 0 Å². The molecule has 0 aromatic heterocycles. The Morgan fingerprint density at radius 1 is 1.33 bits per heavy atom. The molecule has 1 aromatic rings. The molecule has 12 heavy (non-hydrogen) atoms. The molecular formula is C8H10NNaS2. The van der Waals surface area contributed by atoms with Crippen LogP contribution in [-0.4, -0.2) is 14.1 Å². The summed E-state index contributed by atoms with van der Waals surface area (Å²) in [6, 6.07) is 8.18. The molecule has 1 nitrogen and oxygen atoms in total. The number of nitrogens with zero attached hydrogens (tertiary/aromatic N) is 1. The molecule has 0 N–H and O–H groups in total. The Bertz CT molecular complexity index is 240. The molecule has 0 aliphatic carbocycles. The molecule has 0 amide bonds. The quantitative estimate of drug-likeness (QED) is 0.359. The Hall–Kier alpha value is 0.720. The summed E-state index contributed by atoms with van der Waals surface area (Å²) < 4.78 is 0. The van der Waals surface area contributed by atoms with Gasteiger partial charge in [0.05, 0.1) is 0 Å². The van der Waals surface area contributed by atoms with Crippen molar-refractivity contribution < 1.29 is 29.6 Å². The van der Waals surface area contributed by atoms with Crippen LogP contribution >= 0.6 is 10.8 Å². The van der Waals surface area contributed by atoms with Crippen molar-refractivity contribution in [1.29, 1.82) is 0 Å². The number of hydrogen-bond acceptors (Lipinski definition) is 3. The van der Waals surface area contributed by atoms with E-state index < -0.39 is 0 Å². The first-order valence-corrected chi connectivity index (χ1v) is 5.05. The van der Waals surface area contributed by atoms with Gasteiger partial charge >= 0.3 is 29.6 Å². The van der Waals surface area contributed by atoms with Crippen molar-refractivity contribution in [3.63, 3.8) is 0 Å². The SMILES string of the molecule is CN(C)c1cccc(S[S-])c1.[Na+]. The molecule has 0 aliphatic rings. The molecule has 0 bridgehead atoms. The third-order valence-electron chi connectivity index (χ3n) is 1.43. The summed E-state index contributed by atoms with van der Waals surface area (Å²) in [6.45, 7) is 0. The smallest absolute Gasteiger partial charge is 0.714 e. The second-order valence-electron chi connectivity index (χ2n) is 2.48. The van der Waals surface area contributed by atoms with E-state index >= 15 is 0 Å². The summed E-state index contributed by atoms with van der Waals surface area (Å²) in [5.41, 5.74) is 1.19. The van der Waals surface area contributed by atoms with Crippen LogP contribution in [0.5, 0.6) is 0 Å². The summed E-state index contributed by atoms with van der Waals surface area (Å²) in [7, 11) is 5.40. The van der Waals surface area contributed by atoms with E-state index in [0.717, 1.165) is 4.90 Å². The zero-order valence-electron chi connectivity index (χ0n) is 7.57. The first-order chi connectivity index (χ1) is 5.24. The molecular weight excluding hydrogens is 197 g/mol. The van der Waals surface area contributed by atoms with Gasteiger partial charge in [0, 0.05) is 19.8 Å². The number of anilines is 1. The van der Waals surface area contributed by atoms with Crippen LogP contribution in [0.4, 0.5) is 5.69 Å². The average Bonchev–Trinajstić information content (AvgIpc) is 2.05. The van der Waals surface area contributed by atoms with Crippen LogP contribution in [0.2, 0.25) is 0 Å². The first-order valence-electron chi connectivity index (χ1n) is 3.31. The van der Waals surface area contributed by atoms with Crippen LogP contribution in [0.15, 0.2) is 29.2 Å². The maximum absolute atomic E-state index is 4.86. The second kappa shape index (κ2) is 6.22. The van der Waals surface area contributed by atoms with Gasteiger partial charge in [-0.3, -0.25) is 10.8 Å². The Morgan fingerprint density at radius 2 is 2.00 bits per heavy atom. The molecule has 4 heteroatoms. The van der Waals surface area contributed by atoms with Gasteiger partial charge in [-0.05, 0) is 17.0 Å². The molecule has 0 unspecified atom stereocenters. The van der Waals surface area contributed by atoms with Gasteiger partial charge in [0.1, 0.15) is 0 Å². The van der Waals surface area contributed by atoms with E-state index in [1.807, 2.05) is 26.2 Å². The maximum Gasteiger partial charge on any atom is 1.00 e. The Balaban J connectivity index is 0.00000121. The van der Waals surface area contributed by atoms with Gasteiger partial charge in [0.15, 0.2) is 0 Å². The molecule has 1 rings (SSSR count). The Morgan fingerprint density at radius 3 is 2.50 bits per heavy atom. The predicted molar refractivity (Wildman–Crippen MR) is 54.0 cm³/mol. The fourth-order valence-corrected chi connectivity index (χ4v) is 1.43. The van der Waals surface area contributed by atoms with E-state index in [-0.39, 0.29) is 29.6 Å². The summed E-state index contributed by atoms with van der Waals surface area (Å²) in [6.07, 6.45) is 0. The zero-order chi connectivity index (χ0) is 8.27. The number of benzene rings is 1. The van der Waals surface area contributed by atoms with E-state index in [4.69, 9.17) is 11.7 Å². The van der Waals surface area contributed by atoms with Crippen LogP contribution in [0.25, 0.3) is 0 Å². The second-order valence-corrected chi connectivity index (χ2v) is 3.61. The molecule has 0 radical (unpaired) electrons. The molecule has 0 saturated carbocycles. The van der Waals surface area contributed by atoms with Crippen LogP contribution in [-0.2, 0) is 11.7 Å². The van der Waals surface area contributed by atoms with Crippen molar-refractivity contribution in [3.8, 4) is 0 Å². The Labute approximate surface area is 105 Å². The fraction of sp³-hybridized carbons (Fsp3) is 0.250. The van der Waals surface area contributed by atoms with Crippen molar-refractivity contribution in [2.75, 3.05) is 19.0 Å². The van der Waals surface area contributed by atoms with Gasteiger partial charge in [0.25, 0.3) is 0 Å². The van der Waals surface area contributed by atoms with Gasteiger partial charge in [-0.15, -0.1) is 0 Å². The van der Waals surface area contributed by atoms with Crippen molar-refractivity contribution >= 4 is 28.1 Å². The van der Waals surface area contributed by atoms with Gasteiger partial charge in [0.2, 0.25) is 0 Å². The summed E-state index contributed by atoms with van der Waals surface area (Å²) in [4.78, 5) is 3.20. The first kappa shape index (κ1) is 12.7. The minimum absolute atomic E-state index is 0. The summed E-state index contributed by atoms with van der Waals surface area (Å²) >= 11 is 4.86. The van der Waals surface area contributed by atoms with E-state index in [1.54, 1.807) is 0 Å². The number of rotatable bonds is 2. The van der Waals surface area contributed by atoms with Crippen LogP contribution in [0, 0.1) is 0 Å². The minimum Gasteiger partial charge on any atom is -0.714 e. The minimum atomic E-state index is 0. The number of hydrogen-bond donors (Lipinski definition) is 0. The van der Waals surface area contributed by atoms with Crippen molar-refractivity contribution in [2.24, 2.45) is 0 Å². The van der Waals surface area contributed by atoms with Crippen LogP contribution < -0.4 is 34.5 Å². The summed E-state index contributed by atoms with van der Waals surface area (Å²) in [5, 5.41) is 0. The zero-order valence-corrected chi connectivity index (χ0v) is 11.2. The molecule has 0 aliphatic heterocycles. The normalized spacial score (nSPS) is 8.92. The largest absolute Gasteiger partial charge is 1.00 e. The van der Waals surface area contributed by atoms with E-state index in [2.05, 4.69) is 17.0 Å². The van der Waals surface area contributed by atoms with Gasteiger partial charge < -0.3 is 16.6 Å². The van der Waals surface area contributed by atoms with Crippen molar-refractivity contribution in [3.05, 3.63) is 24.3 Å². The van der Waals surface area contributed by atoms with Gasteiger partial charge in [-0.2, -0.15) is 0 Å². The maximum atomic E-state index is 4.86. The monoisotopic (exact) mass is 207 g/mol. The van der Waals surface area contributed by atoms with E-state index in [9.17, 15) is 0 Å². The molecule has 0 saturated heterocycles. The molecule has 60 valence electrons. The molecule has 0 spiro atoms. The van der Waals surface area contributed by atoms with Gasteiger partial charge in [-0.25, -0.2) is 0 Å². The third-order valence-corrected chi connectivity index (χ3v) is 2.45. The van der Waals surface area contributed by atoms with Gasteiger partial charge in [-0.1, -0.05) is 12.1 Å². The van der Waals surface area contributed by atoms with E-state index in [1.165, 1.54) is 16.5 Å². The predicted octanol–water partition coefficient (Wildman–Crippen LogP) is -0.689. The molecule has 0 heterocycles. The molecule has 0 fully saturated rings. The average molecular weight is 207 g/mol. The van der Waals surface area contributed by atoms with Crippen LogP contribution in [0.3, 0.4) is 0 Å². The van der Waals surface area contributed by atoms with E-state index in [0.29, 0.717) is 0 Å². The van der Waals surface area contributed by atoms with Crippen LogP contribution in [0.1, 0.15) is 0 Å².